The molecule has 116 valence electrons. The van der Waals surface area contributed by atoms with Gasteiger partial charge in [-0.05, 0) is 38.9 Å². The van der Waals surface area contributed by atoms with Crippen molar-refractivity contribution >= 4 is 20.7 Å². The SMILES string of the molecule is CCCCN(CCCC)CCCC.Cc1ccc[c]([Al+2])c1. The van der Waals surface area contributed by atoms with Crippen LogP contribution < -0.4 is 4.43 Å². The van der Waals surface area contributed by atoms with Gasteiger partial charge in [0.2, 0.25) is 0 Å². The summed E-state index contributed by atoms with van der Waals surface area (Å²) in [6, 6.07) is 8.34. The Bertz CT molecular complexity index is 302. The molecule has 0 aliphatic carbocycles. The van der Waals surface area contributed by atoms with Crippen molar-refractivity contribution < 1.29 is 0 Å². The molecule has 1 nitrogen and oxygen atoms in total. The van der Waals surface area contributed by atoms with Gasteiger partial charge >= 0.3 is 57.5 Å². The number of hydrogen-bond acceptors (Lipinski definition) is 1. The maximum absolute atomic E-state index is 2.66. The molecule has 0 spiro atoms. The minimum atomic E-state index is 1.25. The van der Waals surface area contributed by atoms with E-state index in [0.29, 0.717) is 0 Å². The molecule has 0 amide bonds. The molecule has 0 aliphatic rings. The van der Waals surface area contributed by atoms with Crippen LogP contribution in [-0.2, 0) is 0 Å². The summed E-state index contributed by atoms with van der Waals surface area (Å²) < 4.78 is 1.25. The number of rotatable bonds is 9. The Kier molecular flexibility index (Phi) is 14.4. The van der Waals surface area contributed by atoms with Crippen LogP contribution in [-0.4, -0.2) is 40.8 Å². The minimum absolute atomic E-state index is 1.25. The van der Waals surface area contributed by atoms with E-state index in [0.717, 1.165) is 0 Å². The van der Waals surface area contributed by atoms with Crippen molar-refractivity contribution in [1.82, 2.24) is 4.90 Å². The molecule has 0 unspecified atom stereocenters. The predicted molar refractivity (Wildman–Crippen MR) is 97.7 cm³/mol. The average molecular weight is 303 g/mol. The van der Waals surface area contributed by atoms with E-state index in [1.165, 1.54) is 68.1 Å². The molecule has 0 saturated carbocycles. The quantitative estimate of drug-likeness (QED) is 0.608. The molecular formula is C19H34AlN+2. The first kappa shape index (κ1) is 20.7. The predicted octanol–water partition coefficient (Wildman–Crippen LogP) is 4.48. The molecule has 0 fully saturated rings. The summed E-state index contributed by atoms with van der Waals surface area (Å²) in [4.78, 5) is 2.64. The second kappa shape index (κ2) is 14.6. The van der Waals surface area contributed by atoms with E-state index in [9.17, 15) is 0 Å². The first-order valence-electron chi connectivity index (χ1n) is 8.68. The zero-order chi connectivity index (χ0) is 15.9. The van der Waals surface area contributed by atoms with E-state index < -0.39 is 0 Å². The van der Waals surface area contributed by atoms with Gasteiger partial charge in [-0.2, -0.15) is 0 Å². The van der Waals surface area contributed by atoms with E-state index in [4.69, 9.17) is 0 Å². The van der Waals surface area contributed by atoms with Crippen molar-refractivity contribution in [3.63, 3.8) is 0 Å². The molecule has 0 saturated heterocycles. The second-order valence-corrected chi connectivity index (χ2v) is 6.48. The number of aryl methyl sites for hydroxylation is 1. The Balaban J connectivity index is 0.000000423. The molecule has 2 heteroatoms. The molecule has 0 atom stereocenters. The van der Waals surface area contributed by atoms with Crippen LogP contribution in [0.1, 0.15) is 64.9 Å². The molecule has 0 N–H and O–H groups in total. The van der Waals surface area contributed by atoms with Gasteiger partial charge < -0.3 is 4.90 Å². The molecule has 0 aromatic heterocycles. The third-order valence-electron chi connectivity index (χ3n) is 3.53. The summed E-state index contributed by atoms with van der Waals surface area (Å²) in [6.45, 7) is 12.9. The van der Waals surface area contributed by atoms with Crippen molar-refractivity contribution in [1.29, 1.82) is 0 Å². The molecule has 21 heavy (non-hydrogen) atoms. The van der Waals surface area contributed by atoms with Crippen molar-refractivity contribution in [3.05, 3.63) is 29.8 Å². The Morgan fingerprint density at radius 2 is 1.33 bits per heavy atom. The van der Waals surface area contributed by atoms with Gasteiger partial charge in [-0.3, -0.25) is 0 Å². The van der Waals surface area contributed by atoms with Gasteiger partial charge in [-0.1, -0.05) is 40.0 Å². The number of unbranched alkanes of at least 4 members (excludes halogenated alkanes) is 3. The first-order valence-corrected chi connectivity index (χ1v) is 9.26. The molecule has 1 aromatic carbocycles. The van der Waals surface area contributed by atoms with Gasteiger partial charge in [-0.25, -0.2) is 0 Å². The van der Waals surface area contributed by atoms with Crippen LogP contribution in [0.4, 0.5) is 0 Å². The van der Waals surface area contributed by atoms with Crippen molar-refractivity contribution in [3.8, 4) is 0 Å². The number of benzene rings is 1. The molecule has 1 aromatic rings. The Morgan fingerprint density at radius 1 is 0.857 bits per heavy atom. The normalized spacial score (nSPS) is 10.4. The van der Waals surface area contributed by atoms with E-state index in [1.54, 1.807) is 0 Å². The van der Waals surface area contributed by atoms with Crippen molar-refractivity contribution in [2.24, 2.45) is 0 Å². The molecule has 0 aliphatic heterocycles. The van der Waals surface area contributed by atoms with Crippen LogP contribution in [0.5, 0.6) is 0 Å². The third-order valence-corrected chi connectivity index (χ3v) is 3.88. The Labute approximate surface area is 141 Å². The van der Waals surface area contributed by atoms with Crippen LogP contribution in [0.25, 0.3) is 0 Å². The third kappa shape index (κ3) is 13.1. The number of nitrogens with zero attached hydrogens (tertiary/aromatic N) is 1. The topological polar surface area (TPSA) is 3.24 Å². The zero-order valence-electron chi connectivity index (χ0n) is 14.7. The van der Waals surface area contributed by atoms with Crippen LogP contribution in [0, 0.1) is 6.92 Å². The summed E-state index contributed by atoms with van der Waals surface area (Å²) in [5.74, 6) is 0. The van der Waals surface area contributed by atoms with E-state index in [1.807, 2.05) is 0 Å². The molecule has 1 rings (SSSR count). The van der Waals surface area contributed by atoms with E-state index in [2.05, 4.69) is 73.2 Å². The van der Waals surface area contributed by atoms with Gasteiger partial charge in [0, 0.05) is 0 Å². The van der Waals surface area contributed by atoms with Gasteiger partial charge in [0.1, 0.15) is 0 Å². The first-order chi connectivity index (χ1) is 10.1. The second-order valence-electron chi connectivity index (χ2n) is 5.82. The summed E-state index contributed by atoms with van der Waals surface area (Å²) in [5.41, 5.74) is 1.32. The summed E-state index contributed by atoms with van der Waals surface area (Å²) in [7, 11) is 0. The Morgan fingerprint density at radius 3 is 1.62 bits per heavy atom. The number of hydrogen-bond donors (Lipinski definition) is 0. The van der Waals surface area contributed by atoms with Gasteiger partial charge in [-0.15, -0.1) is 0 Å². The Hall–Kier alpha value is -0.288. The average Bonchev–Trinajstić information content (AvgIpc) is 2.47. The van der Waals surface area contributed by atoms with E-state index in [-0.39, 0.29) is 0 Å². The van der Waals surface area contributed by atoms with Crippen LogP contribution in [0.2, 0.25) is 0 Å². The zero-order valence-corrected chi connectivity index (χ0v) is 15.9. The van der Waals surface area contributed by atoms with Crippen molar-refractivity contribution in [2.75, 3.05) is 19.6 Å². The van der Waals surface area contributed by atoms with Crippen LogP contribution in [0.15, 0.2) is 24.3 Å². The monoisotopic (exact) mass is 303 g/mol. The summed E-state index contributed by atoms with van der Waals surface area (Å²) in [6.07, 6.45) is 8.09. The summed E-state index contributed by atoms with van der Waals surface area (Å²) in [5, 5.41) is 0. The standard InChI is InChI=1S/C12H27N.C7H7.Al/c1-4-7-10-13(11-8-5-2)12-9-6-3;1-7-5-3-2-4-6-7;/h4-12H2,1-3H3;2-3,5-6H,1H3;/q;;+2. The molecule has 0 bridgehead atoms. The fourth-order valence-electron chi connectivity index (χ4n) is 2.15. The van der Waals surface area contributed by atoms with E-state index >= 15 is 0 Å². The van der Waals surface area contributed by atoms with Crippen molar-refractivity contribution in [2.45, 2.75) is 66.2 Å². The van der Waals surface area contributed by atoms with Gasteiger partial charge in [0.25, 0.3) is 0 Å². The molecular weight excluding hydrogens is 269 g/mol. The maximum atomic E-state index is 2.66. The fraction of sp³-hybridized carbons (Fsp3) is 0.684. The molecule has 0 radical (unpaired) electrons. The van der Waals surface area contributed by atoms with Gasteiger partial charge in [0.15, 0.2) is 0 Å². The van der Waals surface area contributed by atoms with Gasteiger partial charge in [0.05, 0.1) is 0 Å². The molecule has 0 heterocycles. The summed E-state index contributed by atoms with van der Waals surface area (Å²) >= 11 is 2.66. The van der Waals surface area contributed by atoms with Crippen LogP contribution in [0.3, 0.4) is 0 Å². The van der Waals surface area contributed by atoms with Crippen LogP contribution >= 0.6 is 0 Å². The fourth-order valence-corrected chi connectivity index (χ4v) is 2.52.